The van der Waals surface area contributed by atoms with Crippen molar-refractivity contribution in [3.63, 3.8) is 0 Å². The molecule has 6 nitrogen and oxygen atoms in total. The summed E-state index contributed by atoms with van der Waals surface area (Å²) in [4.78, 5) is 18.7. The van der Waals surface area contributed by atoms with E-state index in [1.54, 1.807) is 23.4 Å². The molecule has 0 bridgehead atoms. The Kier molecular flexibility index (Phi) is 5.25. The summed E-state index contributed by atoms with van der Waals surface area (Å²) in [7, 11) is 0. The van der Waals surface area contributed by atoms with Crippen molar-refractivity contribution in [1.82, 2.24) is 15.0 Å². The Balaban J connectivity index is 1.38. The lowest BCUT2D eigenvalue weighted by atomic mass is 10.1. The number of ether oxygens (including phenoxy) is 1. The second-order valence-electron chi connectivity index (χ2n) is 6.63. The summed E-state index contributed by atoms with van der Waals surface area (Å²) in [5.74, 6) is 0.482. The molecular weight excluding hydrogens is 342 g/mol. The number of amides is 1. The van der Waals surface area contributed by atoms with Gasteiger partial charge in [-0.05, 0) is 24.5 Å². The summed E-state index contributed by atoms with van der Waals surface area (Å²) < 4.78 is 11.3. The Morgan fingerprint density at radius 2 is 2.11 bits per heavy atom. The molecule has 3 aromatic rings. The monoisotopic (exact) mass is 363 g/mol. The van der Waals surface area contributed by atoms with Gasteiger partial charge in [0.15, 0.2) is 11.5 Å². The van der Waals surface area contributed by atoms with Gasteiger partial charge in [-0.3, -0.25) is 9.78 Å². The van der Waals surface area contributed by atoms with E-state index >= 15 is 0 Å². The fourth-order valence-electron chi connectivity index (χ4n) is 3.23. The molecule has 1 atom stereocenters. The zero-order chi connectivity index (χ0) is 18.5. The number of benzene rings is 1. The fourth-order valence-corrected chi connectivity index (χ4v) is 3.23. The van der Waals surface area contributed by atoms with Gasteiger partial charge in [0, 0.05) is 37.1 Å². The van der Waals surface area contributed by atoms with E-state index in [1.165, 1.54) is 0 Å². The van der Waals surface area contributed by atoms with Crippen LogP contribution in [0.15, 0.2) is 65.4 Å². The summed E-state index contributed by atoms with van der Waals surface area (Å²) in [6.45, 7) is 1.77. The number of hydrogen-bond donors (Lipinski definition) is 0. The molecule has 4 rings (SSSR count). The molecule has 1 fully saturated rings. The third-order valence-electron chi connectivity index (χ3n) is 4.66. The van der Waals surface area contributed by atoms with Crippen molar-refractivity contribution in [2.75, 3.05) is 13.1 Å². The Hall–Kier alpha value is -2.99. The zero-order valence-corrected chi connectivity index (χ0v) is 15.0. The molecule has 0 aliphatic carbocycles. The van der Waals surface area contributed by atoms with Crippen LogP contribution in [0.5, 0.6) is 0 Å². The quantitative estimate of drug-likeness (QED) is 0.693. The maximum Gasteiger partial charge on any atom is 0.276 e. The molecule has 1 aliphatic heterocycles. The topological polar surface area (TPSA) is 68.5 Å². The van der Waals surface area contributed by atoms with Crippen LogP contribution in [0.3, 0.4) is 0 Å². The normalized spacial score (nSPS) is 17.0. The van der Waals surface area contributed by atoms with Gasteiger partial charge in [0.2, 0.25) is 0 Å². The molecule has 3 heterocycles. The summed E-state index contributed by atoms with van der Waals surface area (Å²) >= 11 is 0. The SMILES string of the molecule is O=C(c1cc(-c2ccccc2)on1)N1CCC[C@H](OCc2cccnc2)C1. The number of piperidine rings is 1. The predicted molar refractivity (Wildman–Crippen MR) is 99.9 cm³/mol. The van der Waals surface area contributed by atoms with Crippen LogP contribution in [0.1, 0.15) is 28.9 Å². The van der Waals surface area contributed by atoms with Gasteiger partial charge in [0.25, 0.3) is 5.91 Å². The Morgan fingerprint density at radius 3 is 2.93 bits per heavy atom. The molecule has 1 aromatic carbocycles. The van der Waals surface area contributed by atoms with Crippen LogP contribution in [0.25, 0.3) is 11.3 Å². The number of pyridine rings is 1. The van der Waals surface area contributed by atoms with Crippen LogP contribution in [0.2, 0.25) is 0 Å². The van der Waals surface area contributed by atoms with Crippen LogP contribution in [0.4, 0.5) is 0 Å². The highest BCUT2D eigenvalue weighted by molar-refractivity contribution is 5.93. The first-order valence-corrected chi connectivity index (χ1v) is 9.11. The highest BCUT2D eigenvalue weighted by Gasteiger charge is 2.27. The molecule has 0 spiro atoms. The van der Waals surface area contributed by atoms with Gasteiger partial charge in [-0.15, -0.1) is 0 Å². The first-order chi connectivity index (χ1) is 13.3. The molecule has 138 valence electrons. The molecule has 0 unspecified atom stereocenters. The lowest BCUT2D eigenvalue weighted by molar-refractivity contribution is -0.00707. The van der Waals surface area contributed by atoms with Crippen LogP contribution in [-0.4, -0.2) is 40.1 Å². The second-order valence-corrected chi connectivity index (χ2v) is 6.63. The molecule has 1 amide bonds. The van der Waals surface area contributed by atoms with Gasteiger partial charge in [0.1, 0.15) is 0 Å². The van der Waals surface area contributed by atoms with Crippen molar-refractivity contribution >= 4 is 5.91 Å². The standard InChI is InChI=1S/C21H21N3O3/c25-21(19-12-20(27-23-19)17-7-2-1-3-8-17)24-11-5-9-18(14-24)26-15-16-6-4-10-22-13-16/h1-4,6-8,10,12-13,18H,5,9,11,14-15H2/t18-/m0/s1. The third-order valence-corrected chi connectivity index (χ3v) is 4.66. The maximum atomic E-state index is 12.8. The van der Waals surface area contributed by atoms with Crippen LogP contribution < -0.4 is 0 Å². The van der Waals surface area contributed by atoms with E-state index in [4.69, 9.17) is 9.26 Å². The Morgan fingerprint density at radius 1 is 1.22 bits per heavy atom. The summed E-state index contributed by atoms with van der Waals surface area (Å²) in [5.41, 5.74) is 2.27. The number of hydrogen-bond acceptors (Lipinski definition) is 5. The Labute approximate surface area is 157 Å². The predicted octanol–water partition coefficient (Wildman–Crippen LogP) is 3.56. The van der Waals surface area contributed by atoms with Gasteiger partial charge in [-0.25, -0.2) is 0 Å². The van der Waals surface area contributed by atoms with E-state index in [2.05, 4.69) is 10.1 Å². The second kappa shape index (κ2) is 8.14. The van der Waals surface area contributed by atoms with E-state index in [0.29, 0.717) is 31.2 Å². The first kappa shape index (κ1) is 17.4. The van der Waals surface area contributed by atoms with E-state index in [9.17, 15) is 4.79 Å². The van der Waals surface area contributed by atoms with Crippen LogP contribution >= 0.6 is 0 Å². The third kappa shape index (κ3) is 4.23. The van der Waals surface area contributed by atoms with Gasteiger partial charge in [0.05, 0.1) is 12.7 Å². The number of likely N-dealkylation sites (tertiary alicyclic amines) is 1. The molecule has 27 heavy (non-hydrogen) atoms. The van der Waals surface area contributed by atoms with Gasteiger partial charge >= 0.3 is 0 Å². The lowest BCUT2D eigenvalue weighted by Gasteiger charge is -2.32. The molecule has 0 radical (unpaired) electrons. The van der Waals surface area contributed by atoms with Crippen molar-refractivity contribution < 1.29 is 14.1 Å². The van der Waals surface area contributed by atoms with E-state index < -0.39 is 0 Å². The van der Waals surface area contributed by atoms with Crippen molar-refractivity contribution in [2.24, 2.45) is 0 Å². The van der Waals surface area contributed by atoms with Crippen molar-refractivity contribution in [2.45, 2.75) is 25.6 Å². The van der Waals surface area contributed by atoms with Crippen LogP contribution in [0, 0.1) is 0 Å². The molecule has 2 aromatic heterocycles. The molecule has 1 saturated heterocycles. The van der Waals surface area contributed by atoms with Gasteiger partial charge in [-0.2, -0.15) is 0 Å². The summed E-state index contributed by atoms with van der Waals surface area (Å²) in [6.07, 6.45) is 5.41. The van der Waals surface area contributed by atoms with E-state index in [0.717, 1.165) is 24.0 Å². The minimum atomic E-state index is -0.115. The van der Waals surface area contributed by atoms with Gasteiger partial charge in [-0.1, -0.05) is 41.6 Å². The Bertz CT molecular complexity index is 880. The molecular formula is C21H21N3O3. The minimum absolute atomic E-state index is 0.0170. The van der Waals surface area contributed by atoms with Crippen molar-refractivity contribution in [1.29, 1.82) is 0 Å². The molecule has 6 heteroatoms. The average Bonchev–Trinajstić information content (AvgIpc) is 3.24. The molecule has 0 N–H and O–H groups in total. The molecule has 0 saturated carbocycles. The largest absolute Gasteiger partial charge is 0.372 e. The summed E-state index contributed by atoms with van der Waals surface area (Å²) in [5, 5.41) is 3.97. The zero-order valence-electron chi connectivity index (χ0n) is 15.0. The van der Waals surface area contributed by atoms with E-state index in [1.807, 2.05) is 42.5 Å². The molecule has 1 aliphatic rings. The number of aromatic nitrogens is 2. The number of rotatable bonds is 5. The number of carbonyl (C=O) groups is 1. The highest BCUT2D eigenvalue weighted by atomic mass is 16.5. The van der Waals surface area contributed by atoms with E-state index in [-0.39, 0.29) is 12.0 Å². The van der Waals surface area contributed by atoms with Crippen molar-refractivity contribution in [3.05, 3.63) is 72.2 Å². The van der Waals surface area contributed by atoms with Crippen molar-refractivity contribution in [3.8, 4) is 11.3 Å². The number of nitrogens with zero attached hydrogens (tertiary/aromatic N) is 3. The lowest BCUT2D eigenvalue weighted by Crippen LogP contribution is -2.43. The average molecular weight is 363 g/mol. The maximum absolute atomic E-state index is 12.8. The first-order valence-electron chi connectivity index (χ1n) is 9.11. The number of carbonyl (C=O) groups excluding carboxylic acids is 1. The van der Waals surface area contributed by atoms with Gasteiger partial charge < -0.3 is 14.2 Å². The highest BCUT2D eigenvalue weighted by Crippen LogP contribution is 2.22. The summed E-state index contributed by atoms with van der Waals surface area (Å²) in [6, 6.07) is 15.2. The minimum Gasteiger partial charge on any atom is -0.372 e. The smallest absolute Gasteiger partial charge is 0.276 e. The fraction of sp³-hybridized carbons (Fsp3) is 0.286. The van der Waals surface area contributed by atoms with Crippen LogP contribution in [-0.2, 0) is 11.3 Å².